The Balaban J connectivity index is 2.16. The summed E-state index contributed by atoms with van der Waals surface area (Å²) in [6.45, 7) is -4.50. The Bertz CT molecular complexity index is 1230. The van der Waals surface area contributed by atoms with Gasteiger partial charge in [0.1, 0.15) is 13.3 Å². The van der Waals surface area contributed by atoms with Crippen molar-refractivity contribution in [2.24, 2.45) is 0 Å². The van der Waals surface area contributed by atoms with Crippen LogP contribution in [0.25, 0.3) is 0 Å². The molecule has 38 heavy (non-hydrogen) atoms. The fourth-order valence-corrected chi connectivity index (χ4v) is 3.94. The number of ketones is 2. The Kier molecular flexibility index (Phi) is 8.07. The summed E-state index contributed by atoms with van der Waals surface area (Å²) in [7, 11) is 1.36. The summed E-state index contributed by atoms with van der Waals surface area (Å²) >= 11 is 0. The first-order valence-electron chi connectivity index (χ1n) is 11.0. The van der Waals surface area contributed by atoms with Crippen molar-refractivity contribution in [1.29, 1.82) is 0 Å². The lowest BCUT2D eigenvalue weighted by Crippen LogP contribution is -2.55. The Labute approximate surface area is 210 Å². The van der Waals surface area contributed by atoms with Crippen LogP contribution >= 0.6 is 0 Å². The number of fused-ring (bicyclic) bond motifs is 2. The van der Waals surface area contributed by atoms with Crippen LogP contribution in [0.3, 0.4) is 0 Å². The van der Waals surface area contributed by atoms with E-state index < -0.39 is 60.7 Å². The molecule has 0 heterocycles. The zero-order chi connectivity index (χ0) is 28.5. The molecule has 0 saturated carbocycles. The molecule has 0 aromatic heterocycles. The van der Waals surface area contributed by atoms with Gasteiger partial charge in [-0.05, 0) is 24.3 Å². The van der Waals surface area contributed by atoms with Gasteiger partial charge in [-0.1, -0.05) is 0 Å². The second kappa shape index (κ2) is 10.6. The van der Waals surface area contributed by atoms with Crippen molar-refractivity contribution < 1.29 is 49.1 Å². The minimum atomic E-state index is -6.56. The normalized spacial score (nSPS) is 13.6. The SMILES string of the molecule is CNc1ccc(NCC(F)(F)C(F)(F)C(F)(F)F)c2c1C(=O)c1c(NCCF)ccc(NCCF)c1C2=O. The van der Waals surface area contributed by atoms with Gasteiger partial charge in [0, 0.05) is 42.9 Å². The van der Waals surface area contributed by atoms with E-state index in [1.54, 1.807) is 5.32 Å². The number of alkyl halides is 9. The van der Waals surface area contributed by atoms with Gasteiger partial charge in [-0.2, -0.15) is 30.7 Å². The van der Waals surface area contributed by atoms with Crippen LogP contribution in [-0.4, -0.2) is 69.6 Å². The molecule has 6 nitrogen and oxygen atoms in total. The van der Waals surface area contributed by atoms with Crippen molar-refractivity contribution in [1.82, 2.24) is 0 Å². The quantitative estimate of drug-likeness (QED) is 0.233. The monoisotopic (exact) mass is 556 g/mol. The predicted molar refractivity (Wildman–Crippen MR) is 123 cm³/mol. The molecule has 4 N–H and O–H groups in total. The third-order valence-electron chi connectivity index (χ3n) is 5.72. The maximum atomic E-state index is 14.0. The number of hydrogen-bond acceptors (Lipinski definition) is 6. The summed E-state index contributed by atoms with van der Waals surface area (Å²) in [5, 5.41) is 9.63. The van der Waals surface area contributed by atoms with E-state index in [2.05, 4.69) is 16.0 Å². The molecule has 3 rings (SSSR count). The summed E-state index contributed by atoms with van der Waals surface area (Å²) in [5.41, 5.74) is -2.16. The average Bonchev–Trinajstić information content (AvgIpc) is 2.86. The molecule has 0 unspecified atom stereocenters. The molecule has 208 valence electrons. The number of carbonyl (C=O) groups is 2. The molecule has 0 bridgehead atoms. The van der Waals surface area contributed by atoms with Crippen LogP contribution in [0.4, 0.5) is 62.3 Å². The maximum Gasteiger partial charge on any atom is 0.459 e. The van der Waals surface area contributed by atoms with E-state index in [0.717, 1.165) is 12.1 Å². The lowest BCUT2D eigenvalue weighted by atomic mass is 9.80. The van der Waals surface area contributed by atoms with Crippen LogP contribution in [0.2, 0.25) is 0 Å². The smallest absolute Gasteiger partial charge is 0.388 e. The van der Waals surface area contributed by atoms with Gasteiger partial charge in [0.05, 0.1) is 28.8 Å². The molecular weight excluding hydrogens is 535 g/mol. The van der Waals surface area contributed by atoms with Gasteiger partial charge in [0.25, 0.3) is 0 Å². The Hall–Kier alpha value is -3.65. The molecule has 0 amide bonds. The van der Waals surface area contributed by atoms with Crippen molar-refractivity contribution in [2.75, 3.05) is 61.3 Å². The summed E-state index contributed by atoms with van der Waals surface area (Å²) < 4.78 is 118. The van der Waals surface area contributed by atoms with E-state index in [1.165, 1.54) is 19.2 Å². The number of benzene rings is 2. The number of hydrogen-bond donors (Lipinski definition) is 4. The third-order valence-corrected chi connectivity index (χ3v) is 5.72. The number of nitrogens with one attached hydrogen (secondary N) is 4. The molecule has 0 spiro atoms. The van der Waals surface area contributed by atoms with Crippen LogP contribution in [0.15, 0.2) is 24.3 Å². The lowest BCUT2D eigenvalue weighted by molar-refractivity contribution is -0.350. The van der Waals surface area contributed by atoms with Gasteiger partial charge < -0.3 is 21.3 Å². The predicted octanol–water partition coefficient (Wildman–Crippen LogP) is 5.51. The van der Waals surface area contributed by atoms with E-state index in [9.17, 15) is 49.1 Å². The summed E-state index contributed by atoms with van der Waals surface area (Å²) in [5.74, 6) is -13.9. The molecule has 1 aliphatic rings. The first-order chi connectivity index (χ1) is 17.7. The fourth-order valence-electron chi connectivity index (χ4n) is 3.94. The number of halogens is 9. The van der Waals surface area contributed by atoms with Crippen molar-refractivity contribution in [2.45, 2.75) is 18.0 Å². The van der Waals surface area contributed by atoms with E-state index in [0.29, 0.717) is 0 Å². The third kappa shape index (κ3) is 4.92. The van der Waals surface area contributed by atoms with E-state index >= 15 is 0 Å². The Morgan fingerprint density at radius 2 is 1.00 bits per heavy atom. The molecule has 2 aromatic rings. The first kappa shape index (κ1) is 28.9. The Morgan fingerprint density at radius 1 is 0.632 bits per heavy atom. The van der Waals surface area contributed by atoms with Gasteiger partial charge in [0.2, 0.25) is 0 Å². The average molecular weight is 556 g/mol. The van der Waals surface area contributed by atoms with E-state index in [-0.39, 0.29) is 46.8 Å². The number of rotatable bonds is 11. The van der Waals surface area contributed by atoms with Crippen LogP contribution in [0.5, 0.6) is 0 Å². The standard InChI is InChI=1S/C23H21F9N4O2/c1-33-11-2-3-14(36-10-21(26,27)22(28,29)23(30,31)32)18-15(11)19(37)16-12(34-8-6-24)4-5-13(35-9-7-25)17(16)20(18)38/h2-5,33-36H,6-10H2,1H3. The van der Waals surface area contributed by atoms with Crippen molar-refractivity contribution >= 4 is 34.3 Å². The summed E-state index contributed by atoms with van der Waals surface area (Å²) in [6, 6.07) is 4.73. The molecule has 0 fully saturated rings. The van der Waals surface area contributed by atoms with Crippen molar-refractivity contribution in [3.05, 3.63) is 46.5 Å². The van der Waals surface area contributed by atoms with Crippen LogP contribution in [0.1, 0.15) is 31.8 Å². The second-order valence-electron chi connectivity index (χ2n) is 8.09. The largest absolute Gasteiger partial charge is 0.459 e. The van der Waals surface area contributed by atoms with Gasteiger partial charge in [-0.15, -0.1) is 0 Å². The molecule has 0 radical (unpaired) electrons. The van der Waals surface area contributed by atoms with Crippen molar-refractivity contribution in [3.8, 4) is 0 Å². The molecule has 0 atom stereocenters. The van der Waals surface area contributed by atoms with Crippen LogP contribution < -0.4 is 21.3 Å². The Morgan fingerprint density at radius 3 is 1.37 bits per heavy atom. The summed E-state index contributed by atoms with van der Waals surface area (Å²) in [4.78, 5) is 27.3. The van der Waals surface area contributed by atoms with Crippen LogP contribution in [-0.2, 0) is 0 Å². The molecule has 0 aliphatic heterocycles. The summed E-state index contributed by atoms with van der Waals surface area (Å²) in [6.07, 6.45) is -6.56. The first-order valence-corrected chi connectivity index (χ1v) is 11.0. The van der Waals surface area contributed by atoms with Gasteiger partial charge >= 0.3 is 18.0 Å². The van der Waals surface area contributed by atoms with Gasteiger partial charge in [0.15, 0.2) is 11.6 Å². The highest BCUT2D eigenvalue weighted by molar-refractivity contribution is 6.35. The number of anilines is 4. The number of carbonyl (C=O) groups excluding carboxylic acids is 2. The molecule has 2 aromatic carbocycles. The molecule has 15 heteroatoms. The maximum absolute atomic E-state index is 14.0. The highest BCUT2D eigenvalue weighted by Crippen LogP contribution is 2.47. The lowest BCUT2D eigenvalue weighted by Gasteiger charge is -2.30. The highest BCUT2D eigenvalue weighted by Gasteiger charge is 2.72. The van der Waals surface area contributed by atoms with E-state index in [4.69, 9.17) is 0 Å². The van der Waals surface area contributed by atoms with Crippen LogP contribution in [0, 0.1) is 0 Å². The molecular formula is C23H21F9N4O2. The zero-order valence-corrected chi connectivity index (χ0v) is 19.6. The van der Waals surface area contributed by atoms with Crippen molar-refractivity contribution in [3.63, 3.8) is 0 Å². The second-order valence-corrected chi connectivity index (χ2v) is 8.09. The van der Waals surface area contributed by atoms with Gasteiger partial charge in [-0.25, -0.2) is 8.78 Å². The minimum absolute atomic E-state index is 0.0143. The topological polar surface area (TPSA) is 82.3 Å². The highest BCUT2D eigenvalue weighted by atomic mass is 19.4. The van der Waals surface area contributed by atoms with E-state index in [1.807, 2.05) is 0 Å². The zero-order valence-electron chi connectivity index (χ0n) is 19.6. The minimum Gasteiger partial charge on any atom is -0.388 e. The fraction of sp³-hybridized carbons (Fsp3) is 0.391. The molecule has 0 saturated heterocycles. The van der Waals surface area contributed by atoms with Gasteiger partial charge in [-0.3, -0.25) is 9.59 Å². The molecule has 1 aliphatic carbocycles.